The number of hydrogen-bond acceptors (Lipinski definition) is 9. The van der Waals surface area contributed by atoms with Gasteiger partial charge in [0.2, 0.25) is 11.8 Å². The predicted molar refractivity (Wildman–Crippen MR) is 183 cm³/mol. The zero-order chi connectivity index (χ0) is 34.8. The van der Waals surface area contributed by atoms with Gasteiger partial charge in [0.25, 0.3) is 5.91 Å². The van der Waals surface area contributed by atoms with Crippen LogP contribution in [-0.4, -0.2) is 65.9 Å². The topological polar surface area (TPSA) is 156 Å². The molecule has 0 bridgehead atoms. The molecule has 1 saturated carbocycles. The van der Waals surface area contributed by atoms with Gasteiger partial charge in [-0.1, -0.05) is 49.6 Å². The van der Waals surface area contributed by atoms with Crippen LogP contribution in [0.4, 0.5) is 0 Å². The summed E-state index contributed by atoms with van der Waals surface area (Å²) in [6.45, 7) is 0.836. The molecule has 0 saturated heterocycles. The highest BCUT2D eigenvalue weighted by Gasteiger charge is 2.35. The molecule has 1 aliphatic heterocycles. The Bertz CT molecular complexity index is 1480. The summed E-state index contributed by atoms with van der Waals surface area (Å²) >= 11 is 0. The Morgan fingerprint density at radius 1 is 1.00 bits per heavy atom. The van der Waals surface area contributed by atoms with E-state index < -0.39 is 5.91 Å². The highest BCUT2D eigenvalue weighted by Crippen LogP contribution is 2.30. The Kier molecular flexibility index (Phi) is 15.1. The van der Waals surface area contributed by atoms with Crippen LogP contribution in [0.5, 0.6) is 11.5 Å². The molecule has 12 nitrogen and oxygen atoms in total. The molecule has 1 heterocycles. The minimum absolute atomic E-state index is 0.0401. The van der Waals surface area contributed by atoms with Crippen molar-refractivity contribution in [2.45, 2.75) is 102 Å². The fourth-order valence-electron chi connectivity index (χ4n) is 6.08. The molecular weight excluding hydrogens is 628 g/mol. The number of allylic oxidation sites excluding steroid dienone is 2. The maximum atomic E-state index is 13.5. The summed E-state index contributed by atoms with van der Waals surface area (Å²) in [5, 5.41) is 12.7. The van der Waals surface area contributed by atoms with E-state index in [4.69, 9.17) is 19.4 Å². The van der Waals surface area contributed by atoms with Crippen LogP contribution >= 0.6 is 0 Å². The van der Waals surface area contributed by atoms with Gasteiger partial charge in [-0.25, -0.2) is 10.9 Å². The summed E-state index contributed by atoms with van der Waals surface area (Å²) in [6, 6.07) is 12.4. The van der Waals surface area contributed by atoms with E-state index in [2.05, 4.69) is 10.5 Å². The third-order valence-corrected chi connectivity index (χ3v) is 8.67. The first-order valence-electron chi connectivity index (χ1n) is 17.2. The normalized spacial score (nSPS) is 19.2. The molecule has 49 heavy (non-hydrogen) atoms. The van der Waals surface area contributed by atoms with Crippen LogP contribution in [0, 0.1) is 0 Å². The van der Waals surface area contributed by atoms with E-state index in [9.17, 15) is 19.2 Å². The number of methoxy groups -OCH3 is 1. The monoisotopic (exact) mass is 676 g/mol. The van der Waals surface area contributed by atoms with Gasteiger partial charge in [0.1, 0.15) is 6.10 Å². The molecule has 2 aliphatic rings. The number of hydrogen-bond donors (Lipinski definition) is 3. The summed E-state index contributed by atoms with van der Waals surface area (Å²) in [5.41, 5.74) is 6.21. The van der Waals surface area contributed by atoms with Crippen LogP contribution in [-0.2, 0) is 25.7 Å². The van der Waals surface area contributed by atoms with E-state index in [0.717, 1.165) is 56.1 Å². The maximum absolute atomic E-state index is 13.5. The fraction of sp³-hybridized carbons (Fsp3) is 0.486. The van der Waals surface area contributed by atoms with Gasteiger partial charge in [-0.3, -0.25) is 24.4 Å². The maximum Gasteiger partial charge on any atom is 0.306 e. The standard InChI is InChI=1S/C37H48N4O8/c1-47-33-24-29(20-21-32(33)48-22-11-5-4-6-17-34(42)40-46)37(45)39-38-25-27-13-12-14-28(23-27)26-41-30-15-9-10-16-31(30)49-36(44)19-8-3-2-7-18-35(41)43/h2-3,12-14,20-21,23-25,30-31,46H,4-11,15-19,22,26H2,1H3,(H,39,45)(H,40,42)/b3-2+,38-25+/t30-,31-/m1/s1. The van der Waals surface area contributed by atoms with Gasteiger partial charge in [0, 0.05) is 31.4 Å². The number of hydrazone groups is 1. The zero-order valence-corrected chi connectivity index (χ0v) is 28.2. The largest absolute Gasteiger partial charge is 0.493 e. The van der Waals surface area contributed by atoms with E-state index in [1.807, 2.05) is 41.3 Å². The number of carbonyl (C=O) groups is 4. The number of nitrogens with zero attached hydrogens (tertiary/aromatic N) is 2. The summed E-state index contributed by atoms with van der Waals surface area (Å²) in [5.74, 6) is -0.0408. The third-order valence-electron chi connectivity index (χ3n) is 8.67. The number of fused-ring (bicyclic) bond motifs is 1. The fourth-order valence-corrected chi connectivity index (χ4v) is 6.08. The summed E-state index contributed by atoms with van der Waals surface area (Å²) in [7, 11) is 1.51. The molecule has 264 valence electrons. The highest BCUT2D eigenvalue weighted by atomic mass is 16.5. The van der Waals surface area contributed by atoms with Crippen molar-refractivity contribution in [2.24, 2.45) is 5.10 Å². The summed E-state index contributed by atoms with van der Waals surface area (Å²) in [6.07, 6.45) is 14.1. The minimum atomic E-state index is -0.416. The third kappa shape index (κ3) is 12.0. The van der Waals surface area contributed by atoms with Crippen LogP contribution in [0.1, 0.15) is 105 Å². The SMILES string of the molecule is COc1cc(C(=O)N/N=C/c2cccc(CN3C(=O)CC/C=C/CCC(=O)O[C@@H]4CCCC[C@H]43)c2)ccc1OCCCCCCC(=O)NO. The molecule has 0 unspecified atom stereocenters. The van der Waals surface area contributed by atoms with Gasteiger partial charge < -0.3 is 19.1 Å². The Labute approximate surface area is 287 Å². The molecule has 1 fully saturated rings. The van der Waals surface area contributed by atoms with Gasteiger partial charge >= 0.3 is 5.97 Å². The van der Waals surface area contributed by atoms with Gasteiger partial charge in [0.15, 0.2) is 11.5 Å². The smallest absolute Gasteiger partial charge is 0.306 e. The molecule has 12 heteroatoms. The van der Waals surface area contributed by atoms with Crippen molar-refractivity contribution in [3.8, 4) is 11.5 Å². The lowest BCUT2D eigenvalue weighted by Gasteiger charge is -2.39. The van der Waals surface area contributed by atoms with Crippen LogP contribution in [0.15, 0.2) is 59.7 Å². The van der Waals surface area contributed by atoms with Crippen molar-refractivity contribution in [3.05, 3.63) is 71.3 Å². The van der Waals surface area contributed by atoms with Gasteiger partial charge in [-0.2, -0.15) is 5.10 Å². The molecule has 0 aromatic heterocycles. The van der Waals surface area contributed by atoms with E-state index in [1.54, 1.807) is 29.9 Å². The molecule has 1 aliphatic carbocycles. The molecule has 3 N–H and O–H groups in total. The first kappa shape index (κ1) is 37.1. The molecule has 2 atom stereocenters. The number of ether oxygens (including phenoxy) is 3. The average Bonchev–Trinajstić information content (AvgIpc) is 3.11. The molecule has 0 radical (unpaired) electrons. The molecule has 2 aromatic rings. The van der Waals surface area contributed by atoms with E-state index in [1.165, 1.54) is 7.11 Å². The Hall–Kier alpha value is -4.71. The molecule has 3 amide bonds. The second-order valence-electron chi connectivity index (χ2n) is 12.3. The van der Waals surface area contributed by atoms with E-state index in [-0.39, 0.29) is 36.4 Å². The van der Waals surface area contributed by atoms with Crippen LogP contribution in [0.25, 0.3) is 0 Å². The van der Waals surface area contributed by atoms with Gasteiger partial charge in [-0.15, -0.1) is 0 Å². The van der Waals surface area contributed by atoms with E-state index >= 15 is 0 Å². The highest BCUT2D eigenvalue weighted by molar-refractivity contribution is 5.95. The van der Waals surface area contributed by atoms with Gasteiger partial charge in [-0.05, 0) is 80.3 Å². The van der Waals surface area contributed by atoms with Crippen LogP contribution < -0.4 is 20.4 Å². The Morgan fingerprint density at radius 3 is 2.61 bits per heavy atom. The zero-order valence-electron chi connectivity index (χ0n) is 28.2. The Morgan fingerprint density at radius 2 is 1.80 bits per heavy atom. The first-order chi connectivity index (χ1) is 23.9. The van der Waals surface area contributed by atoms with Crippen molar-refractivity contribution in [1.29, 1.82) is 0 Å². The van der Waals surface area contributed by atoms with Crippen molar-refractivity contribution in [3.63, 3.8) is 0 Å². The quantitative estimate of drug-likeness (QED) is 0.0583. The number of hydroxylamine groups is 1. The molecular formula is C37H48N4O8. The second kappa shape index (κ2) is 20.0. The lowest BCUT2D eigenvalue weighted by Crippen LogP contribution is -2.49. The van der Waals surface area contributed by atoms with E-state index in [0.29, 0.717) is 62.3 Å². The number of amides is 3. The number of benzene rings is 2. The molecule has 0 spiro atoms. The second-order valence-corrected chi connectivity index (χ2v) is 12.3. The number of rotatable bonds is 14. The average molecular weight is 677 g/mol. The van der Waals surface area contributed by atoms with Crippen molar-refractivity contribution >= 4 is 29.9 Å². The lowest BCUT2D eigenvalue weighted by molar-refractivity contribution is -0.159. The van der Waals surface area contributed by atoms with Crippen molar-refractivity contribution in [1.82, 2.24) is 15.8 Å². The predicted octanol–water partition coefficient (Wildman–Crippen LogP) is 5.61. The number of nitrogens with one attached hydrogen (secondary N) is 2. The number of esters is 1. The number of carbonyl (C=O) groups excluding carboxylic acids is 4. The Balaban J connectivity index is 1.33. The van der Waals surface area contributed by atoms with Crippen molar-refractivity contribution in [2.75, 3.05) is 13.7 Å². The minimum Gasteiger partial charge on any atom is -0.493 e. The van der Waals surface area contributed by atoms with Crippen LogP contribution in [0.2, 0.25) is 0 Å². The van der Waals surface area contributed by atoms with Crippen molar-refractivity contribution < 1.29 is 38.6 Å². The first-order valence-corrected chi connectivity index (χ1v) is 17.2. The molecule has 4 rings (SSSR count). The summed E-state index contributed by atoms with van der Waals surface area (Å²) in [4.78, 5) is 51.8. The summed E-state index contributed by atoms with van der Waals surface area (Å²) < 4.78 is 17.2. The number of unbranched alkanes of at least 4 members (excludes halogenated alkanes) is 3. The van der Waals surface area contributed by atoms with Crippen LogP contribution in [0.3, 0.4) is 0 Å². The van der Waals surface area contributed by atoms with Gasteiger partial charge in [0.05, 0.1) is 26.0 Å². The molecule has 2 aromatic carbocycles. The lowest BCUT2D eigenvalue weighted by atomic mass is 9.90.